The topological polar surface area (TPSA) is 102 Å². The van der Waals surface area contributed by atoms with Gasteiger partial charge in [0.1, 0.15) is 0 Å². The number of urea groups is 1. The van der Waals surface area contributed by atoms with Gasteiger partial charge in [-0.1, -0.05) is 28.1 Å². The van der Waals surface area contributed by atoms with E-state index in [1.54, 1.807) is 24.3 Å². The Labute approximate surface area is 141 Å². The maximum absolute atomic E-state index is 11.9. The van der Waals surface area contributed by atoms with Gasteiger partial charge < -0.3 is 10.1 Å². The number of ketones is 1. The number of Topliss-reactive ketones (excluding diaryl/α,β-unsaturated/α-hetero) is 1. The summed E-state index contributed by atoms with van der Waals surface area (Å²) in [5, 5.41) is 4.20. The smallest absolute Gasteiger partial charge is 0.321 e. The summed E-state index contributed by atoms with van der Waals surface area (Å²) in [7, 11) is 1.35. The zero-order valence-electron chi connectivity index (χ0n) is 12.7. The Morgan fingerprint density at radius 1 is 1.13 bits per heavy atom. The maximum Gasteiger partial charge on any atom is 0.321 e. The summed E-state index contributed by atoms with van der Waals surface area (Å²) in [4.78, 5) is 46.0. The minimum absolute atomic E-state index is 0.0236. The van der Waals surface area contributed by atoms with Crippen LogP contribution in [0.15, 0.2) is 28.7 Å². The molecule has 1 aromatic carbocycles. The number of hydrogen-bond acceptors (Lipinski definition) is 5. The Kier molecular flexibility index (Phi) is 7.40. The van der Waals surface area contributed by atoms with Crippen molar-refractivity contribution in [1.29, 1.82) is 0 Å². The second-order valence-corrected chi connectivity index (χ2v) is 5.55. The van der Waals surface area contributed by atoms with Crippen molar-refractivity contribution in [1.82, 2.24) is 10.6 Å². The summed E-state index contributed by atoms with van der Waals surface area (Å²) >= 11 is 3.27. The number of carbonyl (C=O) groups is 4. The highest BCUT2D eigenvalue weighted by Crippen LogP contribution is 2.13. The number of hydrogen-bond donors (Lipinski definition) is 2. The Hall–Kier alpha value is -2.22. The second kappa shape index (κ2) is 9.04. The average molecular weight is 385 g/mol. The molecule has 0 bridgehead atoms. The highest BCUT2D eigenvalue weighted by Gasteiger charge is 2.20. The Morgan fingerprint density at radius 2 is 1.74 bits per heavy atom. The average Bonchev–Trinajstić information content (AvgIpc) is 2.52. The number of ether oxygens (including phenoxy) is 1. The number of nitrogens with one attached hydrogen (secondary N) is 2. The van der Waals surface area contributed by atoms with Crippen molar-refractivity contribution in [2.45, 2.75) is 25.9 Å². The SMILES string of the molecule is CNC(=O)NC(=O)[C@@H](C)OC(=O)CCC(=O)c1ccc(Br)cc1. The van der Waals surface area contributed by atoms with Crippen molar-refractivity contribution in [3.63, 3.8) is 0 Å². The van der Waals surface area contributed by atoms with Gasteiger partial charge in [0.25, 0.3) is 5.91 Å². The fraction of sp³-hybridized carbons (Fsp3) is 0.333. The van der Waals surface area contributed by atoms with E-state index in [1.807, 2.05) is 5.32 Å². The van der Waals surface area contributed by atoms with Crippen molar-refractivity contribution in [3.8, 4) is 0 Å². The molecule has 1 aromatic rings. The standard InChI is InChI=1S/C15H17BrN2O5/c1-9(14(21)18-15(22)17-2)23-13(20)8-7-12(19)10-3-5-11(16)6-4-10/h3-6,9H,7-8H2,1-2H3,(H2,17,18,21,22)/t9-/m1/s1. The lowest BCUT2D eigenvalue weighted by molar-refractivity contribution is -0.154. The van der Waals surface area contributed by atoms with Crippen molar-refractivity contribution in [3.05, 3.63) is 34.3 Å². The molecule has 0 aliphatic heterocycles. The lowest BCUT2D eigenvalue weighted by Gasteiger charge is -2.12. The van der Waals surface area contributed by atoms with Gasteiger partial charge in [0.15, 0.2) is 11.9 Å². The van der Waals surface area contributed by atoms with Crippen molar-refractivity contribution >= 4 is 39.6 Å². The number of benzene rings is 1. The summed E-state index contributed by atoms with van der Waals surface area (Å²) in [5.41, 5.74) is 0.492. The fourth-order valence-corrected chi connectivity index (χ4v) is 1.85. The van der Waals surface area contributed by atoms with E-state index in [-0.39, 0.29) is 18.6 Å². The van der Waals surface area contributed by atoms with Gasteiger partial charge in [0.05, 0.1) is 6.42 Å². The first-order chi connectivity index (χ1) is 10.8. The highest BCUT2D eigenvalue weighted by atomic mass is 79.9. The summed E-state index contributed by atoms with van der Waals surface area (Å²) in [6.45, 7) is 1.34. The monoisotopic (exact) mass is 384 g/mol. The summed E-state index contributed by atoms with van der Waals surface area (Å²) in [6, 6.07) is 6.07. The van der Waals surface area contributed by atoms with Crippen LogP contribution in [0.25, 0.3) is 0 Å². The van der Waals surface area contributed by atoms with Crippen molar-refractivity contribution < 1.29 is 23.9 Å². The molecule has 0 aliphatic rings. The van der Waals surface area contributed by atoms with Crippen LogP contribution in [-0.4, -0.2) is 36.8 Å². The Balaban J connectivity index is 2.41. The third-order valence-electron chi connectivity index (χ3n) is 2.86. The van der Waals surface area contributed by atoms with Gasteiger partial charge in [0, 0.05) is 23.5 Å². The van der Waals surface area contributed by atoms with Gasteiger partial charge >= 0.3 is 12.0 Å². The molecular formula is C15H17BrN2O5. The minimum Gasteiger partial charge on any atom is -0.453 e. The predicted molar refractivity (Wildman–Crippen MR) is 85.9 cm³/mol. The zero-order chi connectivity index (χ0) is 17.4. The lowest BCUT2D eigenvalue weighted by atomic mass is 10.1. The molecule has 124 valence electrons. The molecule has 3 amide bonds. The summed E-state index contributed by atoms with van der Waals surface area (Å²) < 4.78 is 5.72. The third-order valence-corrected chi connectivity index (χ3v) is 3.39. The van der Waals surface area contributed by atoms with Gasteiger partial charge in [-0.25, -0.2) is 4.79 Å². The maximum atomic E-state index is 11.9. The molecule has 0 radical (unpaired) electrons. The van der Waals surface area contributed by atoms with Crippen LogP contribution in [0.2, 0.25) is 0 Å². The normalized spacial score (nSPS) is 11.3. The van der Waals surface area contributed by atoms with E-state index in [2.05, 4.69) is 21.2 Å². The first-order valence-electron chi connectivity index (χ1n) is 6.84. The predicted octanol–water partition coefficient (Wildman–Crippen LogP) is 1.80. The quantitative estimate of drug-likeness (QED) is 0.575. The number of amides is 3. The number of rotatable bonds is 6. The molecule has 0 aromatic heterocycles. The molecule has 23 heavy (non-hydrogen) atoms. The second-order valence-electron chi connectivity index (χ2n) is 4.63. The molecular weight excluding hydrogens is 368 g/mol. The Morgan fingerprint density at radius 3 is 2.30 bits per heavy atom. The summed E-state index contributed by atoms with van der Waals surface area (Å²) in [6.07, 6.45) is -1.29. The molecule has 2 N–H and O–H groups in total. The molecule has 1 rings (SSSR count). The molecule has 0 heterocycles. The molecule has 7 nitrogen and oxygen atoms in total. The molecule has 0 aliphatic carbocycles. The van der Waals surface area contributed by atoms with Gasteiger partial charge in [-0.15, -0.1) is 0 Å². The van der Waals surface area contributed by atoms with Crippen LogP contribution in [0.3, 0.4) is 0 Å². The molecule has 8 heteroatoms. The van der Waals surface area contributed by atoms with Gasteiger partial charge in [-0.3, -0.25) is 19.7 Å². The fourth-order valence-electron chi connectivity index (χ4n) is 1.58. The minimum atomic E-state index is -1.12. The molecule has 1 atom stereocenters. The summed E-state index contributed by atoms with van der Waals surface area (Å²) in [5.74, 6) is -1.62. The van der Waals surface area contributed by atoms with Crippen LogP contribution in [-0.2, 0) is 14.3 Å². The number of imide groups is 1. The van der Waals surface area contributed by atoms with Gasteiger partial charge in [-0.2, -0.15) is 0 Å². The van der Waals surface area contributed by atoms with Crippen LogP contribution in [0.4, 0.5) is 4.79 Å². The highest BCUT2D eigenvalue weighted by molar-refractivity contribution is 9.10. The van der Waals surface area contributed by atoms with Gasteiger partial charge in [0.2, 0.25) is 0 Å². The van der Waals surface area contributed by atoms with Crippen LogP contribution in [0, 0.1) is 0 Å². The third kappa shape index (κ3) is 6.60. The Bertz CT molecular complexity index is 600. The van der Waals surface area contributed by atoms with Crippen LogP contribution in [0.5, 0.6) is 0 Å². The van der Waals surface area contributed by atoms with E-state index < -0.39 is 24.0 Å². The molecule has 0 fully saturated rings. The molecule has 0 saturated heterocycles. The zero-order valence-corrected chi connectivity index (χ0v) is 14.3. The van der Waals surface area contributed by atoms with E-state index in [0.29, 0.717) is 5.56 Å². The molecule has 0 spiro atoms. The number of carbonyl (C=O) groups excluding carboxylic acids is 4. The largest absolute Gasteiger partial charge is 0.453 e. The van der Waals surface area contributed by atoms with Crippen LogP contribution in [0.1, 0.15) is 30.1 Å². The van der Waals surface area contributed by atoms with E-state index in [1.165, 1.54) is 14.0 Å². The van der Waals surface area contributed by atoms with E-state index in [0.717, 1.165) is 4.47 Å². The van der Waals surface area contributed by atoms with E-state index in [4.69, 9.17) is 4.74 Å². The van der Waals surface area contributed by atoms with E-state index in [9.17, 15) is 19.2 Å². The first kappa shape index (κ1) is 18.8. The lowest BCUT2D eigenvalue weighted by Crippen LogP contribution is -2.43. The van der Waals surface area contributed by atoms with E-state index >= 15 is 0 Å². The van der Waals surface area contributed by atoms with Crippen molar-refractivity contribution in [2.24, 2.45) is 0 Å². The molecule has 0 unspecified atom stereocenters. The van der Waals surface area contributed by atoms with Crippen LogP contribution < -0.4 is 10.6 Å². The van der Waals surface area contributed by atoms with Crippen molar-refractivity contribution in [2.75, 3.05) is 7.05 Å². The number of esters is 1. The van der Waals surface area contributed by atoms with Crippen LogP contribution >= 0.6 is 15.9 Å². The molecule has 0 saturated carbocycles. The van der Waals surface area contributed by atoms with Gasteiger partial charge in [-0.05, 0) is 19.1 Å². The number of halogens is 1. The first-order valence-corrected chi connectivity index (χ1v) is 7.63.